The van der Waals surface area contributed by atoms with Gasteiger partial charge < -0.3 is 14.8 Å². The number of fused-ring (bicyclic) bond motifs is 1. The molecule has 0 radical (unpaired) electrons. The van der Waals surface area contributed by atoms with Crippen LogP contribution in [-0.4, -0.2) is 23.8 Å². The van der Waals surface area contributed by atoms with Crippen LogP contribution in [0.3, 0.4) is 0 Å². The Kier molecular flexibility index (Phi) is 4.25. The maximum absolute atomic E-state index is 9.13. The molecule has 0 aromatic heterocycles. The van der Waals surface area contributed by atoms with E-state index in [-0.39, 0.29) is 0 Å². The number of rotatable bonds is 4. The maximum atomic E-state index is 9.13. The van der Waals surface area contributed by atoms with E-state index in [0.717, 1.165) is 16.5 Å². The van der Waals surface area contributed by atoms with Crippen LogP contribution < -0.4 is 10.2 Å². The highest BCUT2D eigenvalue weighted by molar-refractivity contribution is 6.58. The Morgan fingerprint density at radius 1 is 1.11 bits per heavy atom. The predicted molar refractivity (Wildman–Crippen MR) is 78.7 cm³/mol. The first kappa shape index (κ1) is 13.7. The summed E-state index contributed by atoms with van der Waals surface area (Å²) in [6.45, 7) is 4.62. The predicted octanol–water partition coefficient (Wildman–Crippen LogP) is 1.86. The molecule has 2 aromatic rings. The summed E-state index contributed by atoms with van der Waals surface area (Å²) in [6, 6.07) is 11.1. The van der Waals surface area contributed by atoms with Crippen molar-refractivity contribution in [1.29, 1.82) is 0 Å². The maximum Gasteiger partial charge on any atom is 0.488 e. The first-order chi connectivity index (χ1) is 9.06. The van der Waals surface area contributed by atoms with Gasteiger partial charge in [0.25, 0.3) is 0 Å². The van der Waals surface area contributed by atoms with E-state index in [4.69, 9.17) is 14.8 Å². The highest BCUT2D eigenvalue weighted by Crippen LogP contribution is 2.20. The van der Waals surface area contributed by atoms with Gasteiger partial charge in [-0.25, -0.2) is 0 Å². The second-order valence-corrected chi connectivity index (χ2v) is 4.73. The van der Waals surface area contributed by atoms with Crippen LogP contribution in [0.25, 0.3) is 10.8 Å². The molecule has 0 saturated heterocycles. The molecule has 2 N–H and O–H groups in total. The summed E-state index contributed by atoms with van der Waals surface area (Å²) >= 11 is 0. The molecule has 2 rings (SSSR count). The number of benzene rings is 2. The van der Waals surface area contributed by atoms with Crippen LogP contribution >= 0.6 is 0 Å². The molecule has 0 spiro atoms. The molecule has 0 atom stereocenters. The fourth-order valence-electron chi connectivity index (χ4n) is 1.80. The van der Waals surface area contributed by atoms with Gasteiger partial charge in [-0.05, 0) is 48.3 Å². The lowest BCUT2D eigenvalue weighted by Gasteiger charge is -2.07. The van der Waals surface area contributed by atoms with Crippen LogP contribution in [0.2, 0.25) is 0 Å². The van der Waals surface area contributed by atoms with Crippen molar-refractivity contribution >= 4 is 23.4 Å². The summed E-state index contributed by atoms with van der Waals surface area (Å²) in [7, 11) is -1.43. The van der Waals surface area contributed by atoms with Crippen molar-refractivity contribution in [2.45, 2.75) is 13.8 Å². The third-order valence-electron chi connectivity index (χ3n) is 2.88. The molecule has 0 amide bonds. The summed E-state index contributed by atoms with van der Waals surface area (Å²) in [5, 5.41) is 20.2. The summed E-state index contributed by atoms with van der Waals surface area (Å²) < 4.78 is 5.63. The summed E-state index contributed by atoms with van der Waals surface area (Å²) in [6.07, 6.45) is 2.02. The minimum atomic E-state index is -1.43. The molecule has 0 aliphatic heterocycles. The molecule has 0 aliphatic rings. The van der Waals surface area contributed by atoms with Crippen LogP contribution in [-0.2, 0) is 0 Å². The minimum absolute atomic E-state index is 0.491. The molecule has 4 heteroatoms. The highest BCUT2D eigenvalue weighted by atomic mass is 16.5. The number of hydrogen-bond donors (Lipinski definition) is 2. The zero-order chi connectivity index (χ0) is 13.8. The van der Waals surface area contributed by atoms with E-state index in [2.05, 4.69) is 0 Å². The number of ether oxygens (including phenoxy) is 1. The van der Waals surface area contributed by atoms with E-state index in [1.807, 2.05) is 44.2 Å². The molecule has 3 nitrogen and oxygen atoms in total. The highest BCUT2D eigenvalue weighted by Gasteiger charge is 2.10. The van der Waals surface area contributed by atoms with E-state index >= 15 is 0 Å². The molecular weight excluding hydrogens is 239 g/mol. The smallest absolute Gasteiger partial charge is 0.488 e. The molecule has 19 heavy (non-hydrogen) atoms. The quantitative estimate of drug-likeness (QED) is 0.648. The van der Waals surface area contributed by atoms with Crippen LogP contribution in [0.4, 0.5) is 0 Å². The summed E-state index contributed by atoms with van der Waals surface area (Å²) in [5.41, 5.74) is 1.72. The zero-order valence-electron chi connectivity index (χ0n) is 11.1. The number of hydrogen-bond acceptors (Lipinski definition) is 3. The van der Waals surface area contributed by atoms with Gasteiger partial charge in [0, 0.05) is 0 Å². The molecule has 0 heterocycles. The third kappa shape index (κ3) is 3.59. The Hall–Kier alpha value is -1.78. The van der Waals surface area contributed by atoms with Crippen LogP contribution in [0, 0.1) is 0 Å². The van der Waals surface area contributed by atoms with Crippen LogP contribution in [0.1, 0.15) is 13.8 Å². The standard InChI is InChI=1S/C15H17BO3/c1-11(2)7-8-19-15-6-4-12-9-14(16(17)18)5-3-13(12)10-15/h3-7,9-10,17-18H,8H2,1-2H3. The Morgan fingerprint density at radius 2 is 1.79 bits per heavy atom. The van der Waals surface area contributed by atoms with Crippen molar-refractivity contribution in [3.8, 4) is 5.75 Å². The Labute approximate surface area is 113 Å². The first-order valence-corrected chi connectivity index (χ1v) is 6.22. The van der Waals surface area contributed by atoms with Gasteiger partial charge in [0.15, 0.2) is 0 Å². The molecule has 0 unspecified atom stereocenters. The van der Waals surface area contributed by atoms with Crippen LogP contribution in [0.15, 0.2) is 48.0 Å². The van der Waals surface area contributed by atoms with Crippen molar-refractivity contribution in [3.05, 3.63) is 48.0 Å². The second-order valence-electron chi connectivity index (χ2n) is 4.73. The molecule has 2 aromatic carbocycles. The van der Waals surface area contributed by atoms with Gasteiger partial charge in [-0.15, -0.1) is 0 Å². The average molecular weight is 256 g/mol. The monoisotopic (exact) mass is 256 g/mol. The van der Waals surface area contributed by atoms with E-state index in [0.29, 0.717) is 12.1 Å². The van der Waals surface area contributed by atoms with Gasteiger partial charge in [0.1, 0.15) is 12.4 Å². The van der Waals surface area contributed by atoms with Crippen molar-refractivity contribution in [2.75, 3.05) is 6.61 Å². The van der Waals surface area contributed by atoms with Gasteiger partial charge in [-0.2, -0.15) is 0 Å². The summed E-state index contributed by atoms with van der Waals surface area (Å²) in [4.78, 5) is 0. The van der Waals surface area contributed by atoms with Gasteiger partial charge in [0.2, 0.25) is 0 Å². The van der Waals surface area contributed by atoms with Crippen LogP contribution in [0.5, 0.6) is 5.75 Å². The normalized spacial score (nSPS) is 10.3. The molecule has 0 bridgehead atoms. The topological polar surface area (TPSA) is 49.7 Å². The molecular formula is C15H17BO3. The lowest BCUT2D eigenvalue weighted by atomic mass is 9.79. The largest absolute Gasteiger partial charge is 0.490 e. The van der Waals surface area contributed by atoms with E-state index in [9.17, 15) is 0 Å². The zero-order valence-corrected chi connectivity index (χ0v) is 11.1. The Morgan fingerprint density at radius 3 is 2.47 bits per heavy atom. The molecule has 0 aliphatic carbocycles. The molecule has 0 fully saturated rings. The van der Waals surface area contributed by atoms with Gasteiger partial charge in [0.05, 0.1) is 0 Å². The number of allylic oxidation sites excluding steroid dienone is 1. The van der Waals surface area contributed by atoms with Gasteiger partial charge in [-0.1, -0.05) is 29.8 Å². The van der Waals surface area contributed by atoms with Crippen molar-refractivity contribution in [3.63, 3.8) is 0 Å². The van der Waals surface area contributed by atoms with Gasteiger partial charge in [-0.3, -0.25) is 0 Å². The van der Waals surface area contributed by atoms with Crippen molar-refractivity contribution in [2.24, 2.45) is 0 Å². The fourth-order valence-corrected chi connectivity index (χ4v) is 1.80. The first-order valence-electron chi connectivity index (χ1n) is 6.22. The van der Waals surface area contributed by atoms with Crippen molar-refractivity contribution in [1.82, 2.24) is 0 Å². The van der Waals surface area contributed by atoms with Crippen molar-refractivity contribution < 1.29 is 14.8 Å². The van der Waals surface area contributed by atoms with E-state index in [1.165, 1.54) is 5.57 Å². The minimum Gasteiger partial charge on any atom is -0.490 e. The lowest BCUT2D eigenvalue weighted by Crippen LogP contribution is -2.29. The molecule has 0 saturated carbocycles. The third-order valence-corrected chi connectivity index (χ3v) is 2.88. The fraction of sp³-hybridized carbons (Fsp3) is 0.200. The SMILES string of the molecule is CC(C)=CCOc1ccc2cc(B(O)O)ccc2c1. The second kappa shape index (κ2) is 5.91. The van der Waals surface area contributed by atoms with Gasteiger partial charge >= 0.3 is 7.12 Å². The Bertz CT molecular complexity index is 601. The summed E-state index contributed by atoms with van der Waals surface area (Å²) in [5.74, 6) is 0.808. The van der Waals surface area contributed by atoms with E-state index < -0.39 is 7.12 Å². The lowest BCUT2D eigenvalue weighted by molar-refractivity contribution is 0.362. The Balaban J connectivity index is 2.22. The average Bonchev–Trinajstić information content (AvgIpc) is 2.37. The molecule has 98 valence electrons. The van der Waals surface area contributed by atoms with E-state index in [1.54, 1.807) is 12.1 Å².